The second kappa shape index (κ2) is 3.96. The summed E-state index contributed by atoms with van der Waals surface area (Å²) in [6.45, 7) is 2.64. The van der Waals surface area contributed by atoms with Gasteiger partial charge in [0.2, 0.25) is 5.91 Å². The number of carboxylic acid groups (broad SMARTS) is 1. The van der Waals surface area contributed by atoms with Gasteiger partial charge in [-0.1, -0.05) is 0 Å². The fourth-order valence-electron chi connectivity index (χ4n) is 1.75. The van der Waals surface area contributed by atoms with E-state index in [0.29, 0.717) is 25.9 Å². The maximum absolute atomic E-state index is 11.0. The highest BCUT2D eigenvalue weighted by Crippen LogP contribution is 2.30. The average molecular weight is 200 g/mol. The lowest BCUT2D eigenvalue weighted by Gasteiger charge is -2.37. The minimum absolute atomic E-state index is 0.000935. The second-order valence-corrected chi connectivity index (χ2v) is 3.80. The molecule has 0 aromatic carbocycles. The van der Waals surface area contributed by atoms with Crippen molar-refractivity contribution in [3.8, 4) is 0 Å². The van der Waals surface area contributed by atoms with Crippen molar-refractivity contribution in [2.75, 3.05) is 19.6 Å². The van der Waals surface area contributed by atoms with Crippen LogP contribution in [0.1, 0.15) is 19.8 Å². The average Bonchev–Trinajstić information content (AvgIpc) is 2.17. The Balaban J connectivity index is 2.64. The van der Waals surface area contributed by atoms with E-state index in [4.69, 9.17) is 10.8 Å². The van der Waals surface area contributed by atoms with Crippen LogP contribution in [0.3, 0.4) is 0 Å². The van der Waals surface area contributed by atoms with Gasteiger partial charge in [0.15, 0.2) is 0 Å². The van der Waals surface area contributed by atoms with Gasteiger partial charge in [-0.25, -0.2) is 0 Å². The number of nitrogens with two attached hydrogens (primary N) is 1. The van der Waals surface area contributed by atoms with Gasteiger partial charge in [0.25, 0.3) is 0 Å². The summed E-state index contributed by atoms with van der Waals surface area (Å²) in [7, 11) is 0. The molecule has 0 aromatic heterocycles. The van der Waals surface area contributed by atoms with E-state index in [-0.39, 0.29) is 12.5 Å². The summed E-state index contributed by atoms with van der Waals surface area (Å²) >= 11 is 0. The molecule has 1 amide bonds. The van der Waals surface area contributed by atoms with Crippen LogP contribution in [0.15, 0.2) is 0 Å². The van der Waals surface area contributed by atoms with Gasteiger partial charge in [-0.15, -0.1) is 0 Å². The molecule has 0 atom stereocenters. The first-order valence-corrected chi connectivity index (χ1v) is 4.71. The van der Waals surface area contributed by atoms with Crippen LogP contribution in [0.25, 0.3) is 0 Å². The maximum atomic E-state index is 11.0. The van der Waals surface area contributed by atoms with Gasteiger partial charge >= 0.3 is 5.97 Å². The number of hydrogen-bond donors (Lipinski definition) is 2. The minimum Gasteiger partial charge on any atom is -0.481 e. The normalized spacial score (nSPS) is 20.6. The zero-order chi connectivity index (χ0) is 10.8. The van der Waals surface area contributed by atoms with Crippen molar-refractivity contribution in [3.05, 3.63) is 0 Å². The Labute approximate surface area is 82.9 Å². The smallest absolute Gasteiger partial charge is 0.311 e. The summed E-state index contributed by atoms with van der Waals surface area (Å²) in [5.41, 5.74) is 4.66. The second-order valence-electron chi connectivity index (χ2n) is 3.80. The summed E-state index contributed by atoms with van der Waals surface area (Å²) in [6, 6.07) is 0. The quantitative estimate of drug-likeness (QED) is 0.638. The van der Waals surface area contributed by atoms with Crippen molar-refractivity contribution >= 4 is 11.9 Å². The molecule has 80 valence electrons. The Bertz CT molecular complexity index is 244. The monoisotopic (exact) mass is 200 g/mol. The van der Waals surface area contributed by atoms with E-state index < -0.39 is 11.4 Å². The summed E-state index contributed by atoms with van der Waals surface area (Å²) < 4.78 is 0. The lowest BCUT2D eigenvalue weighted by atomic mass is 9.78. The number of carboxylic acids is 1. The summed E-state index contributed by atoms with van der Waals surface area (Å²) in [5.74, 6) is -0.843. The largest absolute Gasteiger partial charge is 0.481 e. The van der Waals surface area contributed by atoms with E-state index in [1.54, 1.807) is 4.90 Å². The van der Waals surface area contributed by atoms with Gasteiger partial charge < -0.3 is 15.7 Å². The van der Waals surface area contributed by atoms with Crippen molar-refractivity contribution < 1.29 is 14.7 Å². The third-order valence-electron chi connectivity index (χ3n) is 3.01. The van der Waals surface area contributed by atoms with Gasteiger partial charge in [-0.2, -0.15) is 0 Å². The lowest BCUT2D eigenvalue weighted by molar-refractivity contribution is -0.153. The number of aliphatic carboxylic acids is 1. The van der Waals surface area contributed by atoms with Crippen LogP contribution in [0.5, 0.6) is 0 Å². The number of rotatable bonds is 2. The predicted octanol–water partition coefficient (Wildman–Crippen LogP) is -0.342. The topological polar surface area (TPSA) is 83.6 Å². The SMILES string of the molecule is CC(=O)N1CCC(CN)(C(=O)O)CC1. The Hall–Kier alpha value is -1.10. The molecule has 5 heteroatoms. The van der Waals surface area contributed by atoms with E-state index in [2.05, 4.69) is 0 Å². The molecule has 0 aliphatic carbocycles. The fourth-order valence-corrected chi connectivity index (χ4v) is 1.75. The first-order chi connectivity index (χ1) is 6.52. The van der Waals surface area contributed by atoms with Crippen LogP contribution in [0.2, 0.25) is 0 Å². The highest BCUT2D eigenvalue weighted by Gasteiger charge is 2.40. The highest BCUT2D eigenvalue weighted by atomic mass is 16.4. The molecule has 0 unspecified atom stereocenters. The van der Waals surface area contributed by atoms with Crippen molar-refractivity contribution in [1.29, 1.82) is 0 Å². The molecule has 0 radical (unpaired) electrons. The molecular formula is C9H16N2O3. The molecule has 3 N–H and O–H groups in total. The van der Waals surface area contributed by atoms with E-state index >= 15 is 0 Å². The number of hydrogen-bond acceptors (Lipinski definition) is 3. The Morgan fingerprint density at radius 1 is 1.43 bits per heavy atom. The Morgan fingerprint density at radius 2 is 1.93 bits per heavy atom. The summed E-state index contributed by atoms with van der Waals surface area (Å²) in [5, 5.41) is 9.03. The first-order valence-electron chi connectivity index (χ1n) is 4.71. The molecule has 0 aromatic rings. The van der Waals surface area contributed by atoms with Crippen molar-refractivity contribution in [2.45, 2.75) is 19.8 Å². The Kier molecular flexibility index (Phi) is 3.10. The van der Waals surface area contributed by atoms with Gasteiger partial charge in [0.1, 0.15) is 0 Å². The van der Waals surface area contributed by atoms with Crippen molar-refractivity contribution in [3.63, 3.8) is 0 Å². The molecule has 1 aliphatic rings. The molecule has 1 fully saturated rings. The van der Waals surface area contributed by atoms with Crippen LogP contribution in [0, 0.1) is 5.41 Å². The molecule has 1 heterocycles. The van der Waals surface area contributed by atoms with Gasteiger partial charge in [0, 0.05) is 26.6 Å². The van der Waals surface area contributed by atoms with Gasteiger partial charge in [-0.05, 0) is 12.8 Å². The molecular weight excluding hydrogens is 184 g/mol. The zero-order valence-corrected chi connectivity index (χ0v) is 8.32. The number of carbonyl (C=O) groups is 2. The standard InChI is InChI=1S/C9H16N2O3/c1-7(12)11-4-2-9(6-10,3-5-11)8(13)14/h2-6,10H2,1H3,(H,13,14). The predicted molar refractivity (Wildman–Crippen MR) is 50.6 cm³/mol. The molecule has 1 aliphatic heterocycles. The fraction of sp³-hybridized carbons (Fsp3) is 0.778. The number of piperidine rings is 1. The number of carbonyl (C=O) groups excluding carboxylic acids is 1. The van der Waals surface area contributed by atoms with E-state index in [9.17, 15) is 9.59 Å². The molecule has 1 rings (SSSR count). The highest BCUT2D eigenvalue weighted by molar-refractivity contribution is 5.77. The lowest BCUT2D eigenvalue weighted by Crippen LogP contribution is -2.49. The number of likely N-dealkylation sites (tertiary alicyclic amines) is 1. The van der Waals surface area contributed by atoms with E-state index in [0.717, 1.165) is 0 Å². The Morgan fingerprint density at radius 3 is 2.21 bits per heavy atom. The van der Waals surface area contributed by atoms with E-state index in [1.807, 2.05) is 0 Å². The third-order valence-corrected chi connectivity index (χ3v) is 3.01. The molecule has 0 bridgehead atoms. The molecule has 5 nitrogen and oxygen atoms in total. The van der Waals surface area contributed by atoms with Crippen LogP contribution < -0.4 is 5.73 Å². The summed E-state index contributed by atoms with van der Waals surface area (Å²) in [6.07, 6.45) is 0.914. The summed E-state index contributed by atoms with van der Waals surface area (Å²) in [4.78, 5) is 23.7. The molecule has 14 heavy (non-hydrogen) atoms. The molecule has 1 saturated heterocycles. The third kappa shape index (κ3) is 1.87. The van der Waals surface area contributed by atoms with Gasteiger partial charge in [0.05, 0.1) is 5.41 Å². The molecule has 0 spiro atoms. The maximum Gasteiger partial charge on any atom is 0.311 e. The van der Waals surface area contributed by atoms with Crippen LogP contribution in [0.4, 0.5) is 0 Å². The van der Waals surface area contributed by atoms with Crippen LogP contribution >= 0.6 is 0 Å². The zero-order valence-electron chi connectivity index (χ0n) is 8.32. The van der Waals surface area contributed by atoms with Crippen LogP contribution in [-0.4, -0.2) is 41.5 Å². The molecule has 0 saturated carbocycles. The number of amides is 1. The van der Waals surface area contributed by atoms with Crippen molar-refractivity contribution in [1.82, 2.24) is 4.90 Å². The van der Waals surface area contributed by atoms with E-state index in [1.165, 1.54) is 6.92 Å². The van der Waals surface area contributed by atoms with Crippen LogP contribution in [-0.2, 0) is 9.59 Å². The number of nitrogens with zero attached hydrogens (tertiary/aromatic N) is 1. The minimum atomic E-state index is -0.844. The van der Waals surface area contributed by atoms with Gasteiger partial charge in [-0.3, -0.25) is 9.59 Å². The van der Waals surface area contributed by atoms with Crippen molar-refractivity contribution in [2.24, 2.45) is 11.1 Å². The first kappa shape index (κ1) is 11.0.